The molecule has 0 radical (unpaired) electrons. The van der Waals surface area contributed by atoms with Gasteiger partial charge < -0.3 is 0 Å². The Hall–Kier alpha value is -1.82. The average molecular weight is 313 g/mol. The molecule has 0 fully saturated rings. The summed E-state index contributed by atoms with van der Waals surface area (Å²) in [7, 11) is 0. The normalized spacial score (nSPS) is 12.8. The summed E-state index contributed by atoms with van der Waals surface area (Å²) in [5.74, 6) is 0. The second-order valence-corrected chi connectivity index (χ2v) is 5.55. The van der Waals surface area contributed by atoms with Gasteiger partial charge in [-0.3, -0.25) is 0 Å². The second kappa shape index (κ2) is 11.7. The highest BCUT2D eigenvalue weighted by atomic mass is 14.3. The van der Waals surface area contributed by atoms with E-state index >= 15 is 0 Å². The van der Waals surface area contributed by atoms with Crippen LogP contribution in [-0.2, 0) is 11.8 Å². The molecule has 0 aliphatic heterocycles. The molecule has 0 amide bonds. The van der Waals surface area contributed by atoms with E-state index in [-0.39, 0.29) is 7.43 Å². The van der Waals surface area contributed by atoms with Gasteiger partial charge in [0.15, 0.2) is 0 Å². The van der Waals surface area contributed by atoms with Gasteiger partial charge in [0, 0.05) is 0 Å². The molecule has 2 aromatic carbocycles. The summed E-state index contributed by atoms with van der Waals surface area (Å²) in [6.45, 7) is 18.7. The Morgan fingerprint density at radius 3 is 1.87 bits per heavy atom. The van der Waals surface area contributed by atoms with E-state index in [0.717, 1.165) is 0 Å². The topological polar surface area (TPSA) is 0 Å². The Morgan fingerprint density at radius 1 is 0.913 bits per heavy atom. The lowest BCUT2D eigenvalue weighted by Crippen LogP contribution is -2.14. The molecule has 128 valence electrons. The molecule has 0 spiro atoms. The summed E-state index contributed by atoms with van der Waals surface area (Å²) in [5, 5.41) is 2.89. The zero-order valence-corrected chi connectivity index (χ0v) is 15.2. The van der Waals surface area contributed by atoms with Crippen molar-refractivity contribution < 1.29 is 0 Å². The van der Waals surface area contributed by atoms with E-state index in [1.54, 1.807) is 0 Å². The fraction of sp³-hybridized carbons (Fsp3) is 0.391. The van der Waals surface area contributed by atoms with Crippen molar-refractivity contribution in [3.63, 3.8) is 0 Å². The van der Waals surface area contributed by atoms with Crippen molar-refractivity contribution in [3.8, 4) is 0 Å². The predicted octanol–water partition coefficient (Wildman–Crippen LogP) is 7.72. The van der Waals surface area contributed by atoms with Gasteiger partial charge in [0.25, 0.3) is 0 Å². The highest BCUT2D eigenvalue weighted by molar-refractivity contribution is 5.92. The molecule has 0 heterocycles. The molecule has 23 heavy (non-hydrogen) atoms. The maximum Gasteiger partial charge on any atom is -0.00567 e. The quantitative estimate of drug-likeness (QED) is 0.437. The lowest BCUT2D eigenvalue weighted by Gasteiger charge is -2.18. The standard InChI is InChI=1S/C14H14.C4H8.C2H6.C2H4.CH4/c1-14(2)9-11-7-3-5-10-6-4-8-12(14)13(10)11;1-3-4-2;2*1-2;/h3-8H,9H2,1-2H3;3-4H,1-2H3;1-2H3;1-2H2;1H4/b;4-3-;;;. The van der Waals surface area contributed by atoms with Crippen LogP contribution in [0.3, 0.4) is 0 Å². The van der Waals surface area contributed by atoms with Crippen LogP contribution in [-0.4, -0.2) is 0 Å². The fourth-order valence-electron chi connectivity index (χ4n) is 2.70. The maximum absolute atomic E-state index is 3.00. The van der Waals surface area contributed by atoms with Gasteiger partial charge in [-0.1, -0.05) is 83.7 Å². The van der Waals surface area contributed by atoms with E-state index < -0.39 is 0 Å². The molecule has 3 rings (SSSR count). The van der Waals surface area contributed by atoms with E-state index in [2.05, 4.69) is 63.4 Å². The molecule has 0 aromatic heterocycles. The number of hydrogen-bond donors (Lipinski definition) is 0. The van der Waals surface area contributed by atoms with Crippen LogP contribution in [0.15, 0.2) is 61.7 Å². The third-order valence-electron chi connectivity index (χ3n) is 3.69. The smallest absolute Gasteiger partial charge is 0.00567 e. The molecule has 1 aliphatic carbocycles. The van der Waals surface area contributed by atoms with Gasteiger partial charge in [-0.2, -0.15) is 0 Å². The molecule has 0 saturated carbocycles. The fourth-order valence-corrected chi connectivity index (χ4v) is 2.70. The molecule has 0 N–H and O–H groups in total. The molecule has 2 aromatic rings. The number of allylic oxidation sites excluding steroid dienone is 2. The summed E-state index contributed by atoms with van der Waals surface area (Å²) in [6, 6.07) is 13.3. The Balaban J connectivity index is 0. The van der Waals surface area contributed by atoms with Crippen molar-refractivity contribution >= 4 is 10.8 Å². The van der Waals surface area contributed by atoms with Crippen LogP contribution in [0, 0.1) is 0 Å². The van der Waals surface area contributed by atoms with Gasteiger partial charge >= 0.3 is 0 Å². The molecule has 0 bridgehead atoms. The Bertz CT molecular complexity index is 579. The molecule has 0 heteroatoms. The highest BCUT2D eigenvalue weighted by Crippen LogP contribution is 2.41. The van der Waals surface area contributed by atoms with Gasteiger partial charge in [0.1, 0.15) is 0 Å². The van der Waals surface area contributed by atoms with Crippen LogP contribution < -0.4 is 0 Å². The zero-order valence-electron chi connectivity index (χ0n) is 15.2. The predicted molar refractivity (Wildman–Crippen MR) is 110 cm³/mol. The van der Waals surface area contributed by atoms with Crippen LogP contribution in [0.2, 0.25) is 0 Å². The SMILES string of the molecule is C.C/C=C\C.C=C.CC.CC1(C)Cc2cccc3cccc1c23. The van der Waals surface area contributed by atoms with Gasteiger partial charge in [-0.25, -0.2) is 0 Å². The summed E-state index contributed by atoms with van der Waals surface area (Å²) >= 11 is 0. The third-order valence-corrected chi connectivity index (χ3v) is 3.69. The van der Waals surface area contributed by atoms with Crippen molar-refractivity contribution in [2.45, 2.75) is 60.8 Å². The van der Waals surface area contributed by atoms with E-state index in [0.29, 0.717) is 5.41 Å². The molecule has 0 unspecified atom stereocenters. The minimum Gasteiger partial charge on any atom is -0.106 e. The zero-order chi connectivity index (χ0) is 17.2. The number of rotatable bonds is 0. The summed E-state index contributed by atoms with van der Waals surface area (Å²) < 4.78 is 0. The lowest BCUT2D eigenvalue weighted by molar-refractivity contribution is 0.546. The average Bonchev–Trinajstić information content (AvgIpc) is 2.84. The molecule has 1 aliphatic rings. The van der Waals surface area contributed by atoms with E-state index in [9.17, 15) is 0 Å². The van der Waals surface area contributed by atoms with Crippen LogP contribution in [0.4, 0.5) is 0 Å². The van der Waals surface area contributed by atoms with Crippen molar-refractivity contribution in [3.05, 3.63) is 72.8 Å². The summed E-state index contributed by atoms with van der Waals surface area (Å²) in [5.41, 5.74) is 3.36. The Morgan fingerprint density at radius 2 is 1.39 bits per heavy atom. The molecular weight excluding hydrogens is 276 g/mol. The van der Waals surface area contributed by atoms with Gasteiger partial charge in [0.05, 0.1) is 0 Å². The van der Waals surface area contributed by atoms with Crippen molar-refractivity contribution in [2.24, 2.45) is 0 Å². The summed E-state index contributed by atoms with van der Waals surface area (Å²) in [6.07, 6.45) is 5.18. The maximum atomic E-state index is 3.00. The largest absolute Gasteiger partial charge is 0.106 e. The first-order valence-corrected chi connectivity index (χ1v) is 8.18. The molecule has 0 saturated heterocycles. The lowest BCUT2D eigenvalue weighted by atomic mass is 9.86. The highest BCUT2D eigenvalue weighted by Gasteiger charge is 2.30. The number of benzene rings is 2. The van der Waals surface area contributed by atoms with Crippen LogP contribution in [0.25, 0.3) is 10.8 Å². The van der Waals surface area contributed by atoms with E-state index in [1.165, 1.54) is 28.3 Å². The van der Waals surface area contributed by atoms with Crippen molar-refractivity contribution in [1.82, 2.24) is 0 Å². The molecule has 0 atom stereocenters. The minimum atomic E-state index is 0. The van der Waals surface area contributed by atoms with Crippen LogP contribution in [0.5, 0.6) is 0 Å². The minimum absolute atomic E-state index is 0. The first-order chi connectivity index (χ1) is 10.6. The van der Waals surface area contributed by atoms with Crippen molar-refractivity contribution in [2.75, 3.05) is 0 Å². The second-order valence-electron chi connectivity index (χ2n) is 5.55. The van der Waals surface area contributed by atoms with E-state index in [1.807, 2.05) is 39.8 Å². The Labute approximate surface area is 144 Å². The monoisotopic (exact) mass is 312 g/mol. The van der Waals surface area contributed by atoms with Gasteiger partial charge in [-0.15, -0.1) is 13.2 Å². The Kier molecular flexibility index (Phi) is 11.9. The van der Waals surface area contributed by atoms with Crippen LogP contribution >= 0.6 is 0 Å². The van der Waals surface area contributed by atoms with Crippen molar-refractivity contribution in [1.29, 1.82) is 0 Å². The number of hydrogen-bond acceptors (Lipinski definition) is 0. The molecule has 0 nitrogen and oxygen atoms in total. The third kappa shape index (κ3) is 5.71. The van der Waals surface area contributed by atoms with Gasteiger partial charge in [-0.05, 0) is 47.6 Å². The van der Waals surface area contributed by atoms with E-state index in [4.69, 9.17) is 0 Å². The van der Waals surface area contributed by atoms with Gasteiger partial charge in [0.2, 0.25) is 0 Å². The summed E-state index contributed by atoms with van der Waals surface area (Å²) in [4.78, 5) is 0. The molecular formula is C23H36. The first kappa shape index (κ1) is 23.4. The first-order valence-electron chi connectivity index (χ1n) is 8.18. The van der Waals surface area contributed by atoms with Crippen LogP contribution in [0.1, 0.15) is 60.1 Å².